The van der Waals surface area contributed by atoms with Crippen molar-refractivity contribution in [2.75, 3.05) is 6.61 Å². The molecule has 22 heavy (non-hydrogen) atoms. The van der Waals surface area contributed by atoms with Gasteiger partial charge in [0, 0.05) is 37.7 Å². The molecule has 2 aromatic heterocycles. The Hall–Kier alpha value is -2.08. The van der Waals surface area contributed by atoms with Gasteiger partial charge in [0.15, 0.2) is 0 Å². The van der Waals surface area contributed by atoms with Crippen LogP contribution in [0, 0.1) is 0 Å². The number of nitrogens with zero attached hydrogens (tertiary/aromatic N) is 3. The maximum Gasteiger partial charge on any atom is 0.268 e. The lowest BCUT2D eigenvalue weighted by Gasteiger charge is -2.19. The highest BCUT2D eigenvalue weighted by atomic mass is 16.5. The van der Waals surface area contributed by atoms with Gasteiger partial charge in [-0.1, -0.05) is 0 Å². The zero-order valence-electron chi connectivity index (χ0n) is 12.6. The molecule has 1 saturated heterocycles. The van der Waals surface area contributed by atoms with E-state index in [-0.39, 0.29) is 18.1 Å². The number of aryl methyl sites for hydroxylation is 1. The lowest BCUT2D eigenvalue weighted by atomic mass is 10.1. The van der Waals surface area contributed by atoms with E-state index in [2.05, 4.69) is 15.0 Å². The maximum atomic E-state index is 12.6. The molecule has 2 aromatic rings. The molecule has 0 radical (unpaired) electrons. The third-order valence-corrected chi connectivity index (χ3v) is 4.41. The third-order valence-electron chi connectivity index (χ3n) is 4.41. The van der Waals surface area contributed by atoms with Gasteiger partial charge < -0.3 is 14.6 Å². The van der Waals surface area contributed by atoms with Crippen LogP contribution in [0.2, 0.25) is 0 Å². The standard InChI is InChI=1S/C16H20N4O2/c1-19-10-11(9-17-19)15-13(6-8-22-15)18-16(21)14-3-2-7-20(14)12-4-5-12/h2-3,7,9-10,12-13,15H,4-6,8H2,1H3,(H,18,21)/t13-,15+/m0/s1. The van der Waals surface area contributed by atoms with Crippen molar-refractivity contribution in [1.82, 2.24) is 19.7 Å². The summed E-state index contributed by atoms with van der Waals surface area (Å²) in [4.78, 5) is 12.6. The fourth-order valence-electron chi connectivity index (χ4n) is 3.15. The number of carbonyl (C=O) groups is 1. The van der Waals surface area contributed by atoms with Crippen LogP contribution in [-0.2, 0) is 11.8 Å². The fourth-order valence-corrected chi connectivity index (χ4v) is 3.15. The molecule has 4 rings (SSSR count). The second-order valence-electron chi connectivity index (χ2n) is 6.14. The first kappa shape index (κ1) is 13.6. The number of aromatic nitrogens is 3. The molecule has 1 amide bonds. The van der Waals surface area contributed by atoms with Gasteiger partial charge in [-0.15, -0.1) is 0 Å². The number of nitrogens with one attached hydrogen (secondary N) is 1. The van der Waals surface area contributed by atoms with Crippen LogP contribution >= 0.6 is 0 Å². The molecule has 116 valence electrons. The lowest BCUT2D eigenvalue weighted by Crippen LogP contribution is -2.37. The van der Waals surface area contributed by atoms with E-state index in [1.807, 2.05) is 37.8 Å². The van der Waals surface area contributed by atoms with E-state index in [1.54, 1.807) is 4.68 Å². The van der Waals surface area contributed by atoms with Crippen LogP contribution < -0.4 is 5.32 Å². The molecule has 1 N–H and O–H groups in total. The zero-order chi connectivity index (χ0) is 15.1. The normalized spacial score (nSPS) is 24.6. The minimum absolute atomic E-state index is 0.000692. The molecule has 6 heteroatoms. The summed E-state index contributed by atoms with van der Waals surface area (Å²) >= 11 is 0. The molecule has 3 heterocycles. The van der Waals surface area contributed by atoms with Crippen molar-refractivity contribution in [3.05, 3.63) is 42.0 Å². The Morgan fingerprint density at radius 1 is 1.41 bits per heavy atom. The first-order valence-electron chi connectivity index (χ1n) is 7.80. The van der Waals surface area contributed by atoms with E-state index in [9.17, 15) is 4.79 Å². The van der Waals surface area contributed by atoms with Crippen molar-refractivity contribution in [2.45, 2.75) is 37.5 Å². The monoisotopic (exact) mass is 300 g/mol. The predicted octanol–water partition coefficient (Wildman–Crippen LogP) is 1.82. The van der Waals surface area contributed by atoms with Crippen LogP contribution in [0.25, 0.3) is 0 Å². The molecule has 1 aliphatic heterocycles. The second-order valence-corrected chi connectivity index (χ2v) is 6.14. The smallest absolute Gasteiger partial charge is 0.268 e. The zero-order valence-corrected chi connectivity index (χ0v) is 12.6. The van der Waals surface area contributed by atoms with E-state index in [0.29, 0.717) is 12.6 Å². The van der Waals surface area contributed by atoms with Crippen molar-refractivity contribution in [3.8, 4) is 0 Å². The molecule has 0 unspecified atom stereocenters. The quantitative estimate of drug-likeness (QED) is 0.937. The van der Waals surface area contributed by atoms with Crippen molar-refractivity contribution in [1.29, 1.82) is 0 Å². The van der Waals surface area contributed by atoms with Crippen molar-refractivity contribution in [3.63, 3.8) is 0 Å². The average Bonchev–Trinajstić information content (AvgIpc) is 2.93. The summed E-state index contributed by atoms with van der Waals surface area (Å²) in [6.45, 7) is 0.661. The number of rotatable bonds is 4. The summed E-state index contributed by atoms with van der Waals surface area (Å²) in [6, 6.07) is 4.34. The minimum atomic E-state index is -0.109. The molecule has 1 aliphatic carbocycles. The van der Waals surface area contributed by atoms with E-state index in [0.717, 1.165) is 17.7 Å². The average molecular weight is 300 g/mol. The lowest BCUT2D eigenvalue weighted by molar-refractivity contribution is 0.0814. The summed E-state index contributed by atoms with van der Waals surface area (Å²) < 4.78 is 9.64. The van der Waals surface area contributed by atoms with Gasteiger partial charge in [0.25, 0.3) is 5.91 Å². The van der Waals surface area contributed by atoms with Crippen LogP contribution in [0.15, 0.2) is 30.7 Å². The molecule has 2 atom stereocenters. The Bertz CT molecular complexity index is 686. The highest BCUT2D eigenvalue weighted by molar-refractivity contribution is 5.93. The Labute approximate surface area is 129 Å². The molecular weight excluding hydrogens is 280 g/mol. The van der Waals surface area contributed by atoms with Crippen LogP contribution in [0.5, 0.6) is 0 Å². The first-order valence-corrected chi connectivity index (χ1v) is 7.80. The largest absolute Gasteiger partial charge is 0.371 e. The second kappa shape index (κ2) is 5.28. The van der Waals surface area contributed by atoms with E-state index < -0.39 is 0 Å². The fraction of sp³-hybridized carbons (Fsp3) is 0.500. The SMILES string of the molecule is Cn1cc([C@H]2OCC[C@@H]2NC(=O)c2cccn2C2CC2)cn1. The number of carbonyl (C=O) groups excluding carboxylic acids is 1. The van der Waals surface area contributed by atoms with Gasteiger partial charge >= 0.3 is 0 Å². The van der Waals surface area contributed by atoms with Gasteiger partial charge in [-0.25, -0.2) is 0 Å². The van der Waals surface area contributed by atoms with E-state index in [4.69, 9.17) is 4.74 Å². The minimum Gasteiger partial charge on any atom is -0.371 e. The molecule has 2 aliphatic rings. The number of amides is 1. The Kier molecular flexibility index (Phi) is 3.26. The van der Waals surface area contributed by atoms with Gasteiger partial charge in [-0.2, -0.15) is 5.10 Å². The molecule has 6 nitrogen and oxygen atoms in total. The summed E-state index contributed by atoms with van der Waals surface area (Å²) in [5, 5.41) is 7.33. The number of hydrogen-bond donors (Lipinski definition) is 1. The summed E-state index contributed by atoms with van der Waals surface area (Å²) in [5.74, 6) is -0.0127. The topological polar surface area (TPSA) is 61.1 Å². The van der Waals surface area contributed by atoms with Crippen LogP contribution in [0.4, 0.5) is 0 Å². The summed E-state index contributed by atoms with van der Waals surface area (Å²) in [7, 11) is 1.88. The number of ether oxygens (including phenoxy) is 1. The van der Waals surface area contributed by atoms with Gasteiger partial charge in [-0.3, -0.25) is 9.48 Å². The number of hydrogen-bond acceptors (Lipinski definition) is 3. The van der Waals surface area contributed by atoms with Gasteiger partial charge in [0.2, 0.25) is 0 Å². The molecule has 2 fully saturated rings. The summed E-state index contributed by atoms with van der Waals surface area (Å²) in [5.41, 5.74) is 1.77. The van der Waals surface area contributed by atoms with Crippen molar-refractivity contribution in [2.24, 2.45) is 7.05 Å². The van der Waals surface area contributed by atoms with Gasteiger partial charge in [-0.05, 0) is 31.4 Å². The third kappa shape index (κ3) is 2.43. The highest BCUT2D eigenvalue weighted by Gasteiger charge is 2.33. The Morgan fingerprint density at radius 2 is 2.27 bits per heavy atom. The highest BCUT2D eigenvalue weighted by Crippen LogP contribution is 2.36. The van der Waals surface area contributed by atoms with Crippen molar-refractivity contribution < 1.29 is 9.53 Å². The Morgan fingerprint density at radius 3 is 3.00 bits per heavy atom. The van der Waals surface area contributed by atoms with Gasteiger partial charge in [0.1, 0.15) is 11.8 Å². The van der Waals surface area contributed by atoms with E-state index in [1.165, 1.54) is 12.8 Å². The molecule has 0 aromatic carbocycles. The van der Waals surface area contributed by atoms with Crippen molar-refractivity contribution >= 4 is 5.91 Å². The van der Waals surface area contributed by atoms with E-state index >= 15 is 0 Å². The predicted molar refractivity (Wildman–Crippen MR) is 80.5 cm³/mol. The van der Waals surface area contributed by atoms with Gasteiger partial charge in [0.05, 0.1) is 12.2 Å². The summed E-state index contributed by atoms with van der Waals surface area (Å²) in [6.07, 6.45) is 8.80. The van der Waals surface area contributed by atoms with Crippen LogP contribution in [-0.4, -0.2) is 32.9 Å². The maximum absolute atomic E-state index is 12.6. The molecule has 1 saturated carbocycles. The molecule has 0 bridgehead atoms. The molecule has 0 spiro atoms. The Balaban J connectivity index is 1.49. The molecular formula is C16H20N4O2. The van der Waals surface area contributed by atoms with Crippen LogP contribution in [0.3, 0.4) is 0 Å². The van der Waals surface area contributed by atoms with Crippen LogP contribution in [0.1, 0.15) is 47.5 Å². The first-order chi connectivity index (χ1) is 10.7.